The normalized spacial score (nSPS) is 12.6. The van der Waals surface area contributed by atoms with Gasteiger partial charge in [-0.15, -0.1) is 0 Å². The Morgan fingerprint density at radius 3 is 2.61 bits per heavy atom. The molecule has 5 heteroatoms. The van der Waals surface area contributed by atoms with E-state index in [4.69, 9.17) is 9.84 Å². The van der Waals surface area contributed by atoms with Crippen LogP contribution in [0.1, 0.15) is 5.56 Å². The Balaban J connectivity index is 2.31. The van der Waals surface area contributed by atoms with Gasteiger partial charge in [-0.25, -0.2) is 8.78 Å². The highest BCUT2D eigenvalue weighted by Crippen LogP contribution is 2.43. The van der Waals surface area contributed by atoms with Crippen LogP contribution in [-0.2, 0) is 6.61 Å². The Morgan fingerprint density at radius 1 is 1.06 bits per heavy atom. The Bertz CT molecular complexity index is 653. The lowest BCUT2D eigenvalue weighted by atomic mass is 9.96. The summed E-state index contributed by atoms with van der Waals surface area (Å²) < 4.78 is 45.1. The third kappa shape index (κ3) is 1.44. The minimum atomic E-state index is -1.14. The van der Waals surface area contributed by atoms with Gasteiger partial charge in [-0.05, 0) is 23.8 Å². The highest BCUT2D eigenvalue weighted by Gasteiger charge is 2.25. The van der Waals surface area contributed by atoms with Gasteiger partial charge in [0.05, 0.1) is 0 Å². The molecule has 18 heavy (non-hydrogen) atoms. The molecular weight excluding hydrogens is 245 g/mol. The third-order valence-electron chi connectivity index (χ3n) is 2.88. The van der Waals surface area contributed by atoms with Gasteiger partial charge < -0.3 is 9.84 Å². The van der Waals surface area contributed by atoms with E-state index in [1.807, 2.05) is 0 Å². The van der Waals surface area contributed by atoms with Crippen molar-refractivity contribution in [2.24, 2.45) is 0 Å². The molecule has 0 radical (unpaired) electrons. The predicted molar refractivity (Wildman–Crippen MR) is 57.7 cm³/mol. The topological polar surface area (TPSA) is 29.5 Å². The molecule has 0 aliphatic carbocycles. The Morgan fingerprint density at radius 2 is 1.83 bits per heavy atom. The van der Waals surface area contributed by atoms with Crippen LogP contribution in [0.15, 0.2) is 24.3 Å². The molecule has 0 spiro atoms. The SMILES string of the molecule is Oc1c(F)cc2c(c1F)OCc1cc(F)ccc1-2. The number of benzene rings is 2. The fourth-order valence-electron chi connectivity index (χ4n) is 2.03. The lowest BCUT2D eigenvalue weighted by Gasteiger charge is -2.21. The Kier molecular flexibility index (Phi) is 2.23. The van der Waals surface area contributed by atoms with Crippen molar-refractivity contribution in [3.8, 4) is 22.6 Å². The Hall–Kier alpha value is -2.17. The zero-order valence-electron chi connectivity index (χ0n) is 9.01. The molecule has 1 N–H and O–H groups in total. The molecule has 3 rings (SSSR count). The lowest BCUT2D eigenvalue weighted by molar-refractivity contribution is 0.277. The van der Waals surface area contributed by atoms with Crippen LogP contribution >= 0.6 is 0 Å². The van der Waals surface area contributed by atoms with Crippen LogP contribution in [0.2, 0.25) is 0 Å². The molecule has 0 atom stereocenters. The monoisotopic (exact) mass is 252 g/mol. The first kappa shape index (κ1) is 11.0. The summed E-state index contributed by atoms with van der Waals surface area (Å²) >= 11 is 0. The maximum Gasteiger partial charge on any atom is 0.210 e. The number of fused-ring (bicyclic) bond motifs is 3. The van der Waals surface area contributed by atoms with Crippen molar-refractivity contribution in [2.75, 3.05) is 0 Å². The molecule has 0 aromatic heterocycles. The van der Waals surface area contributed by atoms with Crippen LogP contribution in [0.4, 0.5) is 13.2 Å². The van der Waals surface area contributed by atoms with Crippen LogP contribution in [0.5, 0.6) is 11.5 Å². The average molecular weight is 252 g/mol. The van der Waals surface area contributed by atoms with Crippen molar-refractivity contribution in [3.63, 3.8) is 0 Å². The van der Waals surface area contributed by atoms with Gasteiger partial charge >= 0.3 is 0 Å². The molecule has 0 saturated heterocycles. The van der Waals surface area contributed by atoms with Gasteiger partial charge in [0.1, 0.15) is 12.4 Å². The first-order valence-corrected chi connectivity index (χ1v) is 5.20. The van der Waals surface area contributed by atoms with Crippen molar-refractivity contribution in [1.82, 2.24) is 0 Å². The van der Waals surface area contributed by atoms with E-state index >= 15 is 0 Å². The minimum absolute atomic E-state index is 0.0257. The van der Waals surface area contributed by atoms with Crippen LogP contribution < -0.4 is 4.74 Å². The maximum absolute atomic E-state index is 13.6. The highest BCUT2D eigenvalue weighted by atomic mass is 19.1. The lowest BCUT2D eigenvalue weighted by Crippen LogP contribution is -2.08. The molecule has 0 fully saturated rings. The van der Waals surface area contributed by atoms with Crippen LogP contribution in [0, 0.1) is 17.5 Å². The number of hydrogen-bond donors (Lipinski definition) is 1. The zero-order valence-corrected chi connectivity index (χ0v) is 9.01. The number of ether oxygens (including phenoxy) is 1. The van der Waals surface area contributed by atoms with Crippen molar-refractivity contribution in [3.05, 3.63) is 47.3 Å². The van der Waals surface area contributed by atoms with Gasteiger partial charge in [-0.2, -0.15) is 4.39 Å². The van der Waals surface area contributed by atoms with E-state index in [1.165, 1.54) is 18.2 Å². The number of hydrogen-bond acceptors (Lipinski definition) is 2. The van der Waals surface area contributed by atoms with E-state index in [2.05, 4.69) is 0 Å². The quantitative estimate of drug-likeness (QED) is 0.778. The summed E-state index contributed by atoms with van der Waals surface area (Å²) in [5, 5.41) is 9.16. The zero-order chi connectivity index (χ0) is 12.9. The summed E-state index contributed by atoms with van der Waals surface area (Å²) in [7, 11) is 0. The second-order valence-corrected chi connectivity index (χ2v) is 3.99. The van der Waals surface area contributed by atoms with Gasteiger partial charge in [0.25, 0.3) is 0 Å². The van der Waals surface area contributed by atoms with Gasteiger partial charge in [0.15, 0.2) is 17.3 Å². The summed E-state index contributed by atoms with van der Waals surface area (Å²) in [6.45, 7) is -0.0257. The molecule has 0 amide bonds. The van der Waals surface area contributed by atoms with Crippen LogP contribution in [-0.4, -0.2) is 5.11 Å². The molecular formula is C13H7F3O2. The summed E-state index contributed by atoms with van der Waals surface area (Å²) in [4.78, 5) is 0. The van der Waals surface area contributed by atoms with Gasteiger partial charge in [0.2, 0.25) is 5.82 Å². The third-order valence-corrected chi connectivity index (χ3v) is 2.88. The van der Waals surface area contributed by atoms with E-state index in [-0.39, 0.29) is 17.9 Å². The molecule has 1 aliphatic heterocycles. The van der Waals surface area contributed by atoms with E-state index in [1.54, 1.807) is 0 Å². The predicted octanol–water partition coefficient (Wildman–Crippen LogP) is 3.37. The minimum Gasteiger partial charge on any atom is -0.503 e. The first-order valence-electron chi connectivity index (χ1n) is 5.20. The number of phenols is 1. The molecule has 1 heterocycles. The maximum atomic E-state index is 13.6. The van der Waals surface area contributed by atoms with Crippen molar-refractivity contribution in [2.45, 2.75) is 6.61 Å². The molecule has 0 unspecified atom stereocenters. The molecule has 2 aromatic rings. The smallest absolute Gasteiger partial charge is 0.210 e. The molecule has 0 bridgehead atoms. The van der Waals surface area contributed by atoms with Gasteiger partial charge in [0, 0.05) is 11.1 Å². The first-order chi connectivity index (χ1) is 8.58. The van der Waals surface area contributed by atoms with E-state index in [0.29, 0.717) is 11.1 Å². The number of phenolic OH excluding ortho intramolecular Hbond substituents is 1. The van der Waals surface area contributed by atoms with Crippen LogP contribution in [0.25, 0.3) is 11.1 Å². The second-order valence-electron chi connectivity index (χ2n) is 3.99. The number of rotatable bonds is 0. The summed E-state index contributed by atoms with van der Waals surface area (Å²) in [6.07, 6.45) is 0. The Labute approximate surface area is 100 Å². The number of aromatic hydroxyl groups is 1. The van der Waals surface area contributed by atoms with E-state index in [9.17, 15) is 13.2 Å². The number of halogens is 3. The summed E-state index contributed by atoms with van der Waals surface area (Å²) in [6, 6.07) is 4.86. The van der Waals surface area contributed by atoms with Crippen molar-refractivity contribution in [1.29, 1.82) is 0 Å². The van der Waals surface area contributed by atoms with Crippen molar-refractivity contribution >= 4 is 0 Å². The fourth-order valence-corrected chi connectivity index (χ4v) is 2.03. The van der Waals surface area contributed by atoms with Crippen LogP contribution in [0.3, 0.4) is 0 Å². The summed E-state index contributed by atoms with van der Waals surface area (Å²) in [5.74, 6) is -3.94. The average Bonchev–Trinajstić information content (AvgIpc) is 2.35. The summed E-state index contributed by atoms with van der Waals surface area (Å²) in [5.41, 5.74) is 1.17. The molecule has 2 nitrogen and oxygen atoms in total. The fraction of sp³-hybridized carbons (Fsp3) is 0.0769. The second kappa shape index (κ2) is 3.66. The standard InChI is InChI=1S/C13H7F3O2/c14-7-1-2-8-6(3-7)5-18-13-9(8)4-10(15)12(17)11(13)16/h1-4,17H,5H2. The van der Waals surface area contributed by atoms with E-state index in [0.717, 1.165) is 6.07 Å². The molecule has 1 aliphatic rings. The molecule has 2 aromatic carbocycles. The molecule has 0 saturated carbocycles. The van der Waals surface area contributed by atoms with Gasteiger partial charge in [-0.1, -0.05) is 6.07 Å². The largest absolute Gasteiger partial charge is 0.503 e. The highest BCUT2D eigenvalue weighted by molar-refractivity contribution is 5.76. The van der Waals surface area contributed by atoms with Gasteiger partial charge in [-0.3, -0.25) is 0 Å². The molecule has 92 valence electrons. The van der Waals surface area contributed by atoms with Crippen molar-refractivity contribution < 1.29 is 23.0 Å². The van der Waals surface area contributed by atoms with E-state index < -0.39 is 23.2 Å².